The zero-order valence-corrected chi connectivity index (χ0v) is 26.8. The molecule has 3 aliphatic carbocycles. The molecule has 0 amide bonds. The van der Waals surface area contributed by atoms with Crippen molar-refractivity contribution in [3.63, 3.8) is 0 Å². The van der Waals surface area contributed by atoms with E-state index in [0.717, 1.165) is 12.0 Å². The van der Waals surface area contributed by atoms with Crippen LogP contribution < -0.4 is 0 Å². The van der Waals surface area contributed by atoms with Gasteiger partial charge in [-0.1, -0.05) is 95.2 Å². The molecule has 0 saturated heterocycles. The Morgan fingerprint density at radius 1 is 0.657 bits per heavy atom. The smallest absolute Gasteiger partial charge is 0.200 e. The fourth-order valence-corrected chi connectivity index (χ4v) is 19.8. The van der Waals surface area contributed by atoms with E-state index in [-0.39, 0.29) is 5.92 Å². The Morgan fingerprint density at radius 2 is 1.03 bits per heavy atom. The van der Waals surface area contributed by atoms with Crippen molar-refractivity contribution < 1.29 is 13.6 Å². The lowest BCUT2D eigenvalue weighted by molar-refractivity contribution is -0.120. The SMILES string of the molecule is CC(C)[Si](OCC1=C(CO[Si](C(C)C)(C(C)C)C(C)C)[C@H]2[C@@H](C1=O)[C@@H]1C=C[C@H]2C1)(C(C)C)C(C)C. The van der Waals surface area contributed by atoms with E-state index in [1.807, 2.05) is 0 Å². The molecule has 0 aromatic heterocycles. The van der Waals surface area contributed by atoms with Gasteiger partial charge in [-0.15, -0.1) is 0 Å². The Kier molecular flexibility index (Phi) is 8.89. The van der Waals surface area contributed by atoms with E-state index in [0.29, 0.717) is 70.0 Å². The topological polar surface area (TPSA) is 35.5 Å². The van der Waals surface area contributed by atoms with Crippen molar-refractivity contribution in [3.05, 3.63) is 23.3 Å². The molecule has 3 rings (SSSR count). The summed E-state index contributed by atoms with van der Waals surface area (Å²) in [5.74, 6) is 1.75. The maximum Gasteiger partial charge on any atom is 0.200 e. The van der Waals surface area contributed by atoms with Crippen molar-refractivity contribution in [3.8, 4) is 0 Å². The highest BCUT2D eigenvalue weighted by Gasteiger charge is 2.56. The van der Waals surface area contributed by atoms with Crippen LogP contribution >= 0.6 is 0 Å². The second kappa shape index (κ2) is 10.7. The van der Waals surface area contributed by atoms with Gasteiger partial charge in [0, 0.05) is 11.5 Å². The third-order valence-corrected chi connectivity index (χ3v) is 22.3. The van der Waals surface area contributed by atoms with E-state index in [1.165, 1.54) is 5.57 Å². The Hall–Kier alpha value is -0.496. The zero-order chi connectivity index (χ0) is 26.5. The van der Waals surface area contributed by atoms with E-state index in [1.54, 1.807) is 0 Å². The summed E-state index contributed by atoms with van der Waals surface area (Å²) in [4.78, 5) is 13.9. The summed E-state index contributed by atoms with van der Waals surface area (Å²) in [6.45, 7) is 29.2. The van der Waals surface area contributed by atoms with Crippen LogP contribution in [0.2, 0.25) is 33.2 Å². The number of hydrogen-bond donors (Lipinski definition) is 0. The predicted octanol–water partition coefficient (Wildman–Crippen LogP) is 8.69. The highest BCUT2D eigenvalue weighted by Crippen LogP contribution is 2.57. The maximum absolute atomic E-state index is 13.9. The van der Waals surface area contributed by atoms with Crippen molar-refractivity contribution in [2.45, 2.75) is 123 Å². The summed E-state index contributed by atoms with van der Waals surface area (Å²) < 4.78 is 14.2. The van der Waals surface area contributed by atoms with E-state index in [2.05, 4.69) is 95.2 Å². The lowest BCUT2D eigenvalue weighted by atomic mass is 9.82. The van der Waals surface area contributed by atoms with Crippen LogP contribution in [0.1, 0.15) is 89.5 Å². The number of Topliss-reactive ketones (excluding diaryl/α,β-unsaturated/α-hetero) is 1. The minimum Gasteiger partial charge on any atom is -0.412 e. The Labute approximate surface area is 218 Å². The van der Waals surface area contributed by atoms with Crippen LogP contribution in [-0.2, 0) is 13.6 Å². The molecule has 0 radical (unpaired) electrons. The van der Waals surface area contributed by atoms with Gasteiger partial charge in [-0.25, -0.2) is 0 Å². The van der Waals surface area contributed by atoms with Crippen molar-refractivity contribution >= 4 is 22.4 Å². The molecular formula is C30H54O3Si2. The molecule has 3 nitrogen and oxygen atoms in total. The molecule has 200 valence electrons. The number of carbonyl (C=O) groups excluding carboxylic acids is 1. The minimum absolute atomic E-state index is 0.128. The number of carbonyl (C=O) groups is 1. The zero-order valence-electron chi connectivity index (χ0n) is 24.8. The third-order valence-electron chi connectivity index (χ3n) is 10.2. The number of rotatable bonds is 12. The van der Waals surface area contributed by atoms with Gasteiger partial charge in [0.2, 0.25) is 16.6 Å². The monoisotopic (exact) mass is 518 g/mol. The van der Waals surface area contributed by atoms with Crippen LogP contribution in [0.25, 0.3) is 0 Å². The van der Waals surface area contributed by atoms with E-state index >= 15 is 0 Å². The molecule has 0 heterocycles. The normalized spacial score (nSPS) is 26.9. The first-order chi connectivity index (χ1) is 16.2. The van der Waals surface area contributed by atoms with Crippen LogP contribution in [0.5, 0.6) is 0 Å². The van der Waals surface area contributed by atoms with Crippen molar-refractivity contribution in [1.29, 1.82) is 0 Å². The van der Waals surface area contributed by atoms with Gasteiger partial charge in [-0.05, 0) is 63.0 Å². The third kappa shape index (κ3) is 4.66. The van der Waals surface area contributed by atoms with E-state index < -0.39 is 16.6 Å². The van der Waals surface area contributed by atoms with Gasteiger partial charge in [0.15, 0.2) is 5.78 Å². The van der Waals surface area contributed by atoms with Gasteiger partial charge >= 0.3 is 0 Å². The number of hydrogen-bond acceptors (Lipinski definition) is 3. The van der Waals surface area contributed by atoms with Crippen LogP contribution in [0.15, 0.2) is 23.3 Å². The Balaban J connectivity index is 1.99. The summed E-state index contributed by atoms with van der Waals surface area (Å²) in [5, 5.41) is 0. The molecule has 1 fully saturated rings. The standard InChI is InChI=1S/C30H54O3Si2/c1-18(2)34(19(3)4,20(5)6)32-16-26-27(17-33-35(21(7)8,22(9)10)23(11)12)30(31)29-25-14-13-24(15-25)28(26)29/h13-14,18-25,28-29H,15-17H2,1-12H3/t24-,25+,28-,29-/m0/s1. The van der Waals surface area contributed by atoms with Crippen molar-refractivity contribution in [2.24, 2.45) is 23.7 Å². The van der Waals surface area contributed by atoms with Gasteiger partial charge in [0.05, 0.1) is 13.2 Å². The van der Waals surface area contributed by atoms with Gasteiger partial charge in [0.1, 0.15) is 0 Å². The molecule has 35 heavy (non-hydrogen) atoms. The number of ketones is 1. The van der Waals surface area contributed by atoms with Crippen LogP contribution in [0, 0.1) is 23.7 Å². The maximum atomic E-state index is 13.9. The van der Waals surface area contributed by atoms with Gasteiger partial charge < -0.3 is 8.85 Å². The molecular weight excluding hydrogens is 464 g/mol. The molecule has 5 heteroatoms. The highest BCUT2D eigenvalue weighted by atomic mass is 28.4. The van der Waals surface area contributed by atoms with Crippen LogP contribution in [0.4, 0.5) is 0 Å². The number of allylic oxidation sites excluding steroid dienone is 2. The first-order valence-corrected chi connectivity index (χ1v) is 18.7. The number of fused-ring (bicyclic) bond motifs is 5. The Morgan fingerprint density at radius 3 is 1.43 bits per heavy atom. The first kappa shape index (κ1) is 29.1. The van der Waals surface area contributed by atoms with E-state index in [9.17, 15) is 4.79 Å². The van der Waals surface area contributed by atoms with Crippen molar-refractivity contribution in [2.75, 3.05) is 13.2 Å². The largest absolute Gasteiger partial charge is 0.412 e. The summed E-state index contributed by atoms with van der Waals surface area (Å²) in [7, 11) is -4.08. The molecule has 2 bridgehead atoms. The molecule has 4 atom stereocenters. The fraction of sp³-hybridized carbons (Fsp3) is 0.833. The molecule has 0 spiro atoms. The lowest BCUT2D eigenvalue weighted by Crippen LogP contribution is -2.49. The first-order valence-electron chi connectivity index (χ1n) is 14.5. The van der Waals surface area contributed by atoms with Crippen LogP contribution in [-0.4, -0.2) is 35.6 Å². The lowest BCUT2D eigenvalue weighted by Gasteiger charge is -2.43. The average Bonchev–Trinajstić information content (AvgIpc) is 3.41. The van der Waals surface area contributed by atoms with Crippen molar-refractivity contribution in [1.82, 2.24) is 0 Å². The summed E-state index contributed by atoms with van der Waals surface area (Å²) >= 11 is 0. The molecule has 0 aromatic carbocycles. The van der Waals surface area contributed by atoms with Gasteiger partial charge in [-0.3, -0.25) is 4.79 Å². The molecule has 0 aliphatic heterocycles. The molecule has 1 saturated carbocycles. The summed E-state index contributed by atoms with van der Waals surface area (Å²) in [5.41, 5.74) is 5.44. The Bertz CT molecular complexity index is 793. The average molecular weight is 519 g/mol. The highest BCUT2D eigenvalue weighted by molar-refractivity contribution is 6.78. The second-order valence-electron chi connectivity index (χ2n) is 13.6. The van der Waals surface area contributed by atoms with E-state index in [4.69, 9.17) is 8.85 Å². The fourth-order valence-electron chi connectivity index (χ4n) is 8.96. The second-order valence-corrected chi connectivity index (χ2v) is 24.5. The van der Waals surface area contributed by atoms with Crippen LogP contribution in [0.3, 0.4) is 0 Å². The quantitative estimate of drug-likeness (QED) is 0.191. The molecule has 0 unspecified atom stereocenters. The molecule has 0 aromatic rings. The molecule has 0 N–H and O–H groups in total. The summed E-state index contributed by atoms with van der Waals surface area (Å²) in [6.07, 6.45) is 5.84. The summed E-state index contributed by atoms with van der Waals surface area (Å²) in [6, 6.07) is 0. The molecule has 3 aliphatic rings. The van der Waals surface area contributed by atoms with Gasteiger partial charge in [0.25, 0.3) is 0 Å². The van der Waals surface area contributed by atoms with Gasteiger partial charge in [-0.2, -0.15) is 0 Å². The minimum atomic E-state index is -2.06. The predicted molar refractivity (Wildman–Crippen MR) is 154 cm³/mol.